The van der Waals surface area contributed by atoms with E-state index in [1.165, 1.54) is 10.6 Å². The van der Waals surface area contributed by atoms with E-state index in [0.717, 1.165) is 19.6 Å². The highest BCUT2D eigenvalue weighted by molar-refractivity contribution is 7.98. The molecule has 78 valence electrons. The van der Waals surface area contributed by atoms with Gasteiger partial charge >= 0.3 is 0 Å². The van der Waals surface area contributed by atoms with Gasteiger partial charge in [-0.1, -0.05) is 6.92 Å². The fourth-order valence-corrected chi connectivity index (χ4v) is 1.59. The summed E-state index contributed by atoms with van der Waals surface area (Å²) >= 11 is 1.77. The third kappa shape index (κ3) is 4.03. The van der Waals surface area contributed by atoms with E-state index in [4.69, 9.17) is 0 Å². The third-order valence-corrected chi connectivity index (χ3v) is 2.71. The zero-order valence-corrected chi connectivity index (χ0v) is 9.66. The van der Waals surface area contributed by atoms with Gasteiger partial charge in [0.2, 0.25) is 0 Å². The first-order chi connectivity index (χ1) is 6.86. The molecule has 0 heterocycles. The molecule has 0 saturated carbocycles. The highest BCUT2D eigenvalue weighted by Gasteiger charge is 1.91. The number of benzene rings is 1. The number of rotatable bonds is 6. The predicted molar refractivity (Wildman–Crippen MR) is 65.3 cm³/mol. The van der Waals surface area contributed by atoms with Gasteiger partial charge in [-0.2, -0.15) is 0 Å². The van der Waals surface area contributed by atoms with Crippen molar-refractivity contribution in [3.05, 3.63) is 24.3 Å². The summed E-state index contributed by atoms with van der Waals surface area (Å²) in [4.78, 5) is 1.31. The SMILES string of the molecule is CCNCCNc1ccc(SC)cc1. The third-order valence-electron chi connectivity index (χ3n) is 1.97. The van der Waals surface area contributed by atoms with Crippen molar-refractivity contribution in [3.8, 4) is 0 Å². The Morgan fingerprint density at radius 2 is 1.86 bits per heavy atom. The minimum Gasteiger partial charge on any atom is -0.384 e. The van der Waals surface area contributed by atoms with Gasteiger partial charge in [0.05, 0.1) is 0 Å². The smallest absolute Gasteiger partial charge is 0.0341 e. The van der Waals surface area contributed by atoms with Gasteiger partial charge in [0, 0.05) is 23.7 Å². The van der Waals surface area contributed by atoms with Gasteiger partial charge in [0.1, 0.15) is 0 Å². The summed E-state index contributed by atoms with van der Waals surface area (Å²) in [7, 11) is 0. The highest BCUT2D eigenvalue weighted by Crippen LogP contribution is 2.16. The zero-order valence-electron chi connectivity index (χ0n) is 8.84. The average Bonchev–Trinajstić information content (AvgIpc) is 2.25. The summed E-state index contributed by atoms with van der Waals surface area (Å²) < 4.78 is 0. The van der Waals surface area contributed by atoms with Gasteiger partial charge in [-0.05, 0) is 37.1 Å². The molecule has 1 aromatic rings. The van der Waals surface area contributed by atoms with Crippen LogP contribution in [0.25, 0.3) is 0 Å². The molecule has 0 aliphatic carbocycles. The molecule has 0 spiro atoms. The largest absolute Gasteiger partial charge is 0.384 e. The van der Waals surface area contributed by atoms with Gasteiger partial charge in [0.15, 0.2) is 0 Å². The lowest BCUT2D eigenvalue weighted by atomic mass is 10.3. The number of nitrogens with one attached hydrogen (secondary N) is 2. The van der Waals surface area contributed by atoms with Gasteiger partial charge in [-0.15, -0.1) is 11.8 Å². The zero-order chi connectivity index (χ0) is 10.2. The first-order valence-corrected chi connectivity index (χ1v) is 6.18. The topological polar surface area (TPSA) is 24.1 Å². The van der Waals surface area contributed by atoms with E-state index in [1.807, 2.05) is 0 Å². The lowest BCUT2D eigenvalue weighted by molar-refractivity contribution is 0.739. The van der Waals surface area contributed by atoms with E-state index < -0.39 is 0 Å². The summed E-state index contributed by atoms with van der Waals surface area (Å²) in [6.45, 7) is 5.15. The molecule has 0 aliphatic heterocycles. The van der Waals surface area contributed by atoms with Crippen molar-refractivity contribution in [2.24, 2.45) is 0 Å². The maximum Gasteiger partial charge on any atom is 0.0341 e. The summed E-state index contributed by atoms with van der Waals surface area (Å²) in [6.07, 6.45) is 2.09. The van der Waals surface area contributed by atoms with Crippen LogP contribution < -0.4 is 10.6 Å². The maximum absolute atomic E-state index is 3.36. The normalized spacial score (nSPS) is 10.1. The molecular weight excluding hydrogens is 192 g/mol. The first kappa shape index (κ1) is 11.4. The Balaban J connectivity index is 2.29. The van der Waals surface area contributed by atoms with E-state index in [9.17, 15) is 0 Å². The fraction of sp³-hybridized carbons (Fsp3) is 0.455. The van der Waals surface area contributed by atoms with Crippen LogP contribution in [0, 0.1) is 0 Å². The number of likely N-dealkylation sites (N-methyl/N-ethyl adjacent to an activating group) is 1. The second-order valence-electron chi connectivity index (χ2n) is 3.01. The summed E-state index contributed by atoms with van der Waals surface area (Å²) in [5.41, 5.74) is 1.20. The van der Waals surface area contributed by atoms with Crippen LogP contribution >= 0.6 is 11.8 Å². The van der Waals surface area contributed by atoms with Gasteiger partial charge in [-0.25, -0.2) is 0 Å². The molecule has 0 aliphatic rings. The Kier molecular flexibility index (Phi) is 5.49. The molecule has 2 nitrogen and oxygen atoms in total. The second kappa shape index (κ2) is 6.74. The number of hydrogen-bond acceptors (Lipinski definition) is 3. The van der Waals surface area contributed by atoms with Crippen LogP contribution in [0.2, 0.25) is 0 Å². The molecule has 1 aromatic carbocycles. The molecule has 0 radical (unpaired) electrons. The van der Waals surface area contributed by atoms with Crippen LogP contribution in [0.4, 0.5) is 5.69 Å². The van der Waals surface area contributed by atoms with Crippen molar-refractivity contribution < 1.29 is 0 Å². The Morgan fingerprint density at radius 1 is 1.14 bits per heavy atom. The molecule has 0 amide bonds. The molecule has 0 aromatic heterocycles. The van der Waals surface area contributed by atoms with E-state index in [1.54, 1.807) is 11.8 Å². The summed E-state index contributed by atoms with van der Waals surface area (Å²) in [6, 6.07) is 8.52. The van der Waals surface area contributed by atoms with Crippen molar-refractivity contribution >= 4 is 17.4 Å². The molecule has 0 unspecified atom stereocenters. The average molecular weight is 210 g/mol. The molecular formula is C11H18N2S. The van der Waals surface area contributed by atoms with Crippen LogP contribution in [-0.4, -0.2) is 25.9 Å². The molecule has 0 bridgehead atoms. The van der Waals surface area contributed by atoms with Crippen LogP contribution in [0.3, 0.4) is 0 Å². The molecule has 0 fully saturated rings. The fourth-order valence-electron chi connectivity index (χ4n) is 1.18. The summed E-state index contributed by atoms with van der Waals surface area (Å²) in [5, 5.41) is 6.63. The van der Waals surface area contributed by atoms with E-state index in [-0.39, 0.29) is 0 Å². The molecule has 2 N–H and O–H groups in total. The first-order valence-electron chi connectivity index (χ1n) is 4.95. The Labute approximate surface area is 90.5 Å². The van der Waals surface area contributed by atoms with Gasteiger partial charge < -0.3 is 10.6 Å². The number of thioether (sulfide) groups is 1. The lowest BCUT2D eigenvalue weighted by Gasteiger charge is -2.06. The Morgan fingerprint density at radius 3 is 2.43 bits per heavy atom. The van der Waals surface area contributed by atoms with Gasteiger partial charge in [0.25, 0.3) is 0 Å². The standard InChI is InChI=1S/C11H18N2S/c1-3-12-8-9-13-10-4-6-11(14-2)7-5-10/h4-7,12-13H,3,8-9H2,1-2H3. The Hall–Kier alpha value is -0.670. The van der Waals surface area contributed by atoms with Crippen molar-refractivity contribution in [2.45, 2.75) is 11.8 Å². The van der Waals surface area contributed by atoms with Crippen LogP contribution in [0.5, 0.6) is 0 Å². The van der Waals surface area contributed by atoms with Crippen LogP contribution in [-0.2, 0) is 0 Å². The van der Waals surface area contributed by atoms with Crippen molar-refractivity contribution in [2.75, 3.05) is 31.2 Å². The molecule has 3 heteroatoms. The monoisotopic (exact) mass is 210 g/mol. The van der Waals surface area contributed by atoms with E-state index >= 15 is 0 Å². The molecule has 1 rings (SSSR count). The van der Waals surface area contributed by atoms with E-state index in [0.29, 0.717) is 0 Å². The summed E-state index contributed by atoms with van der Waals surface area (Å²) in [5.74, 6) is 0. The molecule has 0 atom stereocenters. The Bertz CT molecular complexity index is 246. The minimum absolute atomic E-state index is 0.979. The van der Waals surface area contributed by atoms with E-state index in [2.05, 4.69) is 48.1 Å². The van der Waals surface area contributed by atoms with Crippen molar-refractivity contribution in [1.29, 1.82) is 0 Å². The molecule has 0 saturated heterocycles. The quantitative estimate of drug-likeness (QED) is 0.557. The number of hydrogen-bond donors (Lipinski definition) is 2. The maximum atomic E-state index is 3.36. The number of anilines is 1. The molecule has 14 heavy (non-hydrogen) atoms. The minimum atomic E-state index is 0.979. The van der Waals surface area contributed by atoms with Gasteiger partial charge in [-0.3, -0.25) is 0 Å². The predicted octanol–water partition coefficient (Wildman–Crippen LogP) is 2.43. The van der Waals surface area contributed by atoms with Crippen molar-refractivity contribution in [1.82, 2.24) is 5.32 Å². The lowest BCUT2D eigenvalue weighted by Crippen LogP contribution is -2.21. The van der Waals surface area contributed by atoms with Crippen LogP contribution in [0.15, 0.2) is 29.2 Å². The highest BCUT2D eigenvalue weighted by atomic mass is 32.2. The van der Waals surface area contributed by atoms with Crippen LogP contribution in [0.1, 0.15) is 6.92 Å². The second-order valence-corrected chi connectivity index (χ2v) is 3.89. The van der Waals surface area contributed by atoms with Crippen molar-refractivity contribution in [3.63, 3.8) is 0 Å².